The van der Waals surface area contributed by atoms with Crippen molar-refractivity contribution in [1.29, 1.82) is 0 Å². The number of nitrogens with zero attached hydrogens (tertiary/aromatic N) is 2. The number of imidazole rings is 1. The molecule has 1 fully saturated rings. The maximum absolute atomic E-state index is 3.98. The fourth-order valence-electron chi connectivity index (χ4n) is 1.21. The molecule has 1 heterocycles. The highest BCUT2D eigenvalue weighted by Crippen LogP contribution is 2.24. The predicted octanol–water partition coefficient (Wildman–Crippen LogP) is 1.99. The highest BCUT2D eigenvalue weighted by atomic mass is 15.0. The highest BCUT2D eigenvalue weighted by Gasteiger charge is 2.06. The van der Waals surface area contributed by atoms with Crippen molar-refractivity contribution in [3.8, 4) is 0 Å². The zero-order valence-corrected chi connectivity index (χ0v) is 6.53. The Hall–Kier alpha value is -1.05. The summed E-state index contributed by atoms with van der Waals surface area (Å²) in [5.41, 5.74) is 1.61. The zero-order valence-electron chi connectivity index (χ0n) is 6.53. The van der Waals surface area contributed by atoms with Gasteiger partial charge in [0.25, 0.3) is 0 Å². The molecule has 0 aliphatic heterocycles. The van der Waals surface area contributed by atoms with Crippen molar-refractivity contribution in [2.24, 2.45) is 0 Å². The molecule has 0 atom stereocenters. The highest BCUT2D eigenvalue weighted by molar-refractivity contribution is 5.09. The van der Waals surface area contributed by atoms with E-state index < -0.39 is 0 Å². The standard InChI is InChI=1S/C9H12N2/c1-2-9(3-1)4-6-11-7-5-10-8-11/h4-5,7-8H,1-3,6H2. The lowest BCUT2D eigenvalue weighted by Gasteiger charge is -2.15. The first-order valence-electron chi connectivity index (χ1n) is 4.09. The summed E-state index contributed by atoms with van der Waals surface area (Å²) in [6, 6.07) is 0. The third-order valence-corrected chi connectivity index (χ3v) is 2.15. The minimum atomic E-state index is 0.995. The first-order chi connectivity index (χ1) is 5.45. The lowest BCUT2D eigenvalue weighted by molar-refractivity contribution is 0.648. The van der Waals surface area contributed by atoms with Crippen LogP contribution in [0.25, 0.3) is 0 Å². The van der Waals surface area contributed by atoms with Crippen LogP contribution in [0.4, 0.5) is 0 Å². The normalized spacial score (nSPS) is 16.2. The van der Waals surface area contributed by atoms with Gasteiger partial charge in [0.2, 0.25) is 0 Å². The van der Waals surface area contributed by atoms with E-state index in [1.807, 2.05) is 18.7 Å². The summed E-state index contributed by atoms with van der Waals surface area (Å²) in [4.78, 5) is 3.98. The van der Waals surface area contributed by atoms with Crippen LogP contribution in [0.3, 0.4) is 0 Å². The predicted molar refractivity (Wildman–Crippen MR) is 44.2 cm³/mol. The molecule has 0 N–H and O–H groups in total. The summed E-state index contributed by atoms with van der Waals surface area (Å²) in [5, 5.41) is 0. The first-order valence-corrected chi connectivity index (χ1v) is 4.09. The van der Waals surface area contributed by atoms with Crippen molar-refractivity contribution < 1.29 is 0 Å². The molecule has 0 saturated heterocycles. The Morgan fingerprint density at radius 1 is 1.55 bits per heavy atom. The second-order valence-corrected chi connectivity index (χ2v) is 2.98. The van der Waals surface area contributed by atoms with Crippen LogP contribution in [-0.2, 0) is 6.54 Å². The van der Waals surface area contributed by atoms with E-state index in [-0.39, 0.29) is 0 Å². The summed E-state index contributed by atoms with van der Waals surface area (Å²) in [5.74, 6) is 0. The molecule has 0 aromatic carbocycles. The molecule has 0 bridgehead atoms. The monoisotopic (exact) mass is 148 g/mol. The Balaban J connectivity index is 1.91. The van der Waals surface area contributed by atoms with Gasteiger partial charge >= 0.3 is 0 Å². The fourth-order valence-corrected chi connectivity index (χ4v) is 1.21. The Bertz CT molecular complexity index is 241. The van der Waals surface area contributed by atoms with Gasteiger partial charge in [0, 0.05) is 18.9 Å². The van der Waals surface area contributed by atoms with Gasteiger partial charge in [0.15, 0.2) is 0 Å². The van der Waals surface area contributed by atoms with Crippen molar-refractivity contribution in [2.45, 2.75) is 25.8 Å². The largest absolute Gasteiger partial charge is 0.334 e. The van der Waals surface area contributed by atoms with Crippen molar-refractivity contribution in [1.82, 2.24) is 9.55 Å². The van der Waals surface area contributed by atoms with E-state index in [4.69, 9.17) is 0 Å². The minimum absolute atomic E-state index is 0.995. The maximum atomic E-state index is 3.98. The molecule has 1 aromatic heterocycles. The third-order valence-electron chi connectivity index (χ3n) is 2.15. The van der Waals surface area contributed by atoms with Gasteiger partial charge in [-0.3, -0.25) is 0 Å². The van der Waals surface area contributed by atoms with Gasteiger partial charge in [0.05, 0.1) is 6.33 Å². The van der Waals surface area contributed by atoms with E-state index >= 15 is 0 Å². The zero-order chi connectivity index (χ0) is 7.52. The summed E-state index contributed by atoms with van der Waals surface area (Å²) >= 11 is 0. The molecule has 0 spiro atoms. The van der Waals surface area contributed by atoms with Gasteiger partial charge < -0.3 is 4.57 Å². The molecule has 1 aliphatic rings. The second kappa shape index (κ2) is 2.91. The molecule has 0 amide bonds. The minimum Gasteiger partial charge on any atom is -0.334 e. The Kier molecular flexibility index (Phi) is 1.76. The molecule has 11 heavy (non-hydrogen) atoms. The van der Waals surface area contributed by atoms with Gasteiger partial charge in [-0.15, -0.1) is 0 Å². The molecule has 2 rings (SSSR count). The van der Waals surface area contributed by atoms with E-state index in [0.717, 1.165) is 6.54 Å². The Labute approximate surface area is 66.6 Å². The lowest BCUT2D eigenvalue weighted by Crippen LogP contribution is -1.99. The van der Waals surface area contributed by atoms with Gasteiger partial charge in [-0.25, -0.2) is 4.98 Å². The van der Waals surface area contributed by atoms with E-state index in [1.165, 1.54) is 19.3 Å². The summed E-state index contributed by atoms with van der Waals surface area (Å²) in [6.07, 6.45) is 12.0. The van der Waals surface area contributed by atoms with Crippen LogP contribution in [-0.4, -0.2) is 9.55 Å². The van der Waals surface area contributed by atoms with Crippen LogP contribution >= 0.6 is 0 Å². The van der Waals surface area contributed by atoms with Crippen molar-refractivity contribution >= 4 is 0 Å². The van der Waals surface area contributed by atoms with E-state index in [2.05, 4.69) is 15.6 Å². The van der Waals surface area contributed by atoms with Crippen molar-refractivity contribution in [3.63, 3.8) is 0 Å². The molecule has 58 valence electrons. The molecular formula is C9H12N2. The SMILES string of the molecule is C(Cn1ccnc1)=C1CCC1. The summed E-state index contributed by atoms with van der Waals surface area (Å²) in [6.45, 7) is 0.995. The molecule has 0 radical (unpaired) electrons. The quantitative estimate of drug-likeness (QED) is 0.586. The number of hydrogen-bond donors (Lipinski definition) is 0. The number of rotatable bonds is 2. The summed E-state index contributed by atoms with van der Waals surface area (Å²) < 4.78 is 2.09. The van der Waals surface area contributed by atoms with E-state index in [1.54, 1.807) is 5.57 Å². The molecule has 1 saturated carbocycles. The van der Waals surface area contributed by atoms with Gasteiger partial charge in [-0.1, -0.05) is 11.6 Å². The molecular weight excluding hydrogens is 136 g/mol. The fraction of sp³-hybridized carbons (Fsp3) is 0.444. The van der Waals surface area contributed by atoms with Crippen molar-refractivity contribution in [3.05, 3.63) is 30.4 Å². The van der Waals surface area contributed by atoms with Crippen LogP contribution < -0.4 is 0 Å². The molecule has 1 aliphatic carbocycles. The molecule has 2 heteroatoms. The lowest BCUT2D eigenvalue weighted by atomic mass is 9.92. The summed E-state index contributed by atoms with van der Waals surface area (Å²) in [7, 11) is 0. The number of aromatic nitrogens is 2. The van der Waals surface area contributed by atoms with Gasteiger partial charge in [-0.05, 0) is 19.3 Å². The van der Waals surface area contributed by atoms with E-state index in [0.29, 0.717) is 0 Å². The average Bonchev–Trinajstić information content (AvgIpc) is 2.36. The molecule has 0 unspecified atom stereocenters. The Morgan fingerprint density at radius 2 is 2.45 bits per heavy atom. The number of hydrogen-bond acceptors (Lipinski definition) is 1. The van der Waals surface area contributed by atoms with Crippen LogP contribution in [0.2, 0.25) is 0 Å². The smallest absolute Gasteiger partial charge is 0.0948 e. The second-order valence-electron chi connectivity index (χ2n) is 2.98. The van der Waals surface area contributed by atoms with Crippen molar-refractivity contribution in [2.75, 3.05) is 0 Å². The van der Waals surface area contributed by atoms with Crippen LogP contribution in [0.1, 0.15) is 19.3 Å². The van der Waals surface area contributed by atoms with Gasteiger partial charge in [-0.2, -0.15) is 0 Å². The van der Waals surface area contributed by atoms with Crippen LogP contribution in [0.5, 0.6) is 0 Å². The third kappa shape index (κ3) is 1.50. The number of allylic oxidation sites excluding steroid dienone is 2. The van der Waals surface area contributed by atoms with E-state index in [9.17, 15) is 0 Å². The average molecular weight is 148 g/mol. The van der Waals surface area contributed by atoms with Gasteiger partial charge in [0.1, 0.15) is 0 Å². The first kappa shape index (κ1) is 6.65. The Morgan fingerprint density at radius 3 is 3.00 bits per heavy atom. The maximum Gasteiger partial charge on any atom is 0.0948 e. The molecule has 2 nitrogen and oxygen atoms in total. The topological polar surface area (TPSA) is 17.8 Å². The van der Waals surface area contributed by atoms with Crippen LogP contribution in [0, 0.1) is 0 Å². The van der Waals surface area contributed by atoms with Crippen LogP contribution in [0.15, 0.2) is 30.4 Å². The molecule has 1 aromatic rings.